The molecule has 0 heterocycles. The van der Waals surface area contributed by atoms with E-state index >= 15 is 0 Å². The molecule has 0 aliphatic heterocycles. The molecule has 1 aromatic carbocycles. The van der Waals surface area contributed by atoms with E-state index in [1.807, 2.05) is 0 Å². The highest BCUT2D eigenvalue weighted by Gasteiger charge is 2.47. The average Bonchev–Trinajstić information content (AvgIpc) is 2.37. The van der Waals surface area contributed by atoms with Crippen LogP contribution in [0.1, 0.15) is 37.7 Å². The highest BCUT2D eigenvalue weighted by molar-refractivity contribution is 9.10. The van der Waals surface area contributed by atoms with Crippen molar-refractivity contribution in [3.8, 4) is 0 Å². The summed E-state index contributed by atoms with van der Waals surface area (Å²) in [4.78, 5) is 4.99. The minimum absolute atomic E-state index is 0.617. The second-order valence-corrected chi connectivity index (χ2v) is 7.67. The van der Waals surface area contributed by atoms with Crippen molar-refractivity contribution in [2.24, 2.45) is 28.7 Å². The molecule has 0 aromatic heterocycles. The van der Waals surface area contributed by atoms with Crippen molar-refractivity contribution in [1.29, 1.82) is 0 Å². The number of benzene rings is 1. The number of aliphatic imine (C=N–C) groups is 1. The minimum atomic E-state index is 0.617. The van der Waals surface area contributed by atoms with Crippen LogP contribution >= 0.6 is 15.9 Å². The first-order chi connectivity index (χ1) is 9.28. The normalized spacial score (nSPS) is 40.2. The van der Waals surface area contributed by atoms with Gasteiger partial charge in [0.1, 0.15) is 0 Å². The van der Waals surface area contributed by atoms with Gasteiger partial charge in [0, 0.05) is 10.7 Å². The maximum absolute atomic E-state index is 4.99. The molecule has 100 valence electrons. The van der Waals surface area contributed by atoms with E-state index in [0.29, 0.717) is 6.04 Å². The van der Waals surface area contributed by atoms with Gasteiger partial charge in [-0.3, -0.25) is 4.99 Å². The van der Waals surface area contributed by atoms with E-state index in [1.165, 1.54) is 37.7 Å². The molecule has 1 nitrogen and oxygen atoms in total. The first kappa shape index (κ1) is 12.1. The Kier molecular flexibility index (Phi) is 3.02. The molecule has 19 heavy (non-hydrogen) atoms. The number of nitrogens with zero attached hydrogens (tertiary/aromatic N) is 1. The van der Waals surface area contributed by atoms with Crippen LogP contribution < -0.4 is 0 Å². The van der Waals surface area contributed by atoms with Crippen LogP contribution in [-0.2, 0) is 0 Å². The summed E-state index contributed by atoms with van der Waals surface area (Å²) in [6.45, 7) is 0. The highest BCUT2D eigenvalue weighted by atomic mass is 79.9. The standard InChI is InChI=1S/C17H20BrN/c18-16-3-1-2-11(9-16)10-19-17-14-5-12-4-13(7-14)8-15(17)6-12/h1-3,9-10,12-15,17H,4-8H2/b19-10+. The minimum Gasteiger partial charge on any atom is -0.289 e. The second-order valence-electron chi connectivity index (χ2n) is 6.75. The predicted molar refractivity (Wildman–Crippen MR) is 82.6 cm³/mol. The lowest BCUT2D eigenvalue weighted by Crippen LogP contribution is -2.47. The third-order valence-corrected chi connectivity index (χ3v) is 5.91. The molecule has 5 rings (SSSR count). The lowest BCUT2D eigenvalue weighted by Gasteiger charge is -2.53. The van der Waals surface area contributed by atoms with Crippen molar-refractivity contribution in [1.82, 2.24) is 0 Å². The average molecular weight is 318 g/mol. The smallest absolute Gasteiger partial charge is 0.0556 e. The maximum Gasteiger partial charge on any atom is 0.0556 e. The number of hydrogen-bond acceptors (Lipinski definition) is 1. The van der Waals surface area contributed by atoms with Gasteiger partial charge in [-0.25, -0.2) is 0 Å². The van der Waals surface area contributed by atoms with Gasteiger partial charge in [-0.15, -0.1) is 0 Å². The summed E-state index contributed by atoms with van der Waals surface area (Å²) in [6.07, 6.45) is 9.44. The van der Waals surface area contributed by atoms with Crippen LogP contribution in [0.2, 0.25) is 0 Å². The first-order valence-corrected chi connectivity index (χ1v) is 8.36. The van der Waals surface area contributed by atoms with Crippen LogP contribution in [0.4, 0.5) is 0 Å². The van der Waals surface area contributed by atoms with E-state index in [4.69, 9.17) is 4.99 Å². The van der Waals surface area contributed by atoms with E-state index in [1.54, 1.807) is 0 Å². The van der Waals surface area contributed by atoms with Crippen LogP contribution in [-0.4, -0.2) is 12.3 Å². The van der Waals surface area contributed by atoms with Crippen molar-refractivity contribution in [3.63, 3.8) is 0 Å². The molecular weight excluding hydrogens is 298 g/mol. The van der Waals surface area contributed by atoms with Gasteiger partial charge in [0.25, 0.3) is 0 Å². The van der Waals surface area contributed by atoms with E-state index in [-0.39, 0.29) is 0 Å². The molecule has 4 aliphatic rings. The molecule has 0 spiro atoms. The topological polar surface area (TPSA) is 12.4 Å². The largest absolute Gasteiger partial charge is 0.289 e. The van der Waals surface area contributed by atoms with Crippen LogP contribution in [0.3, 0.4) is 0 Å². The Morgan fingerprint density at radius 1 is 1.00 bits per heavy atom. The van der Waals surface area contributed by atoms with Crippen LogP contribution in [0.5, 0.6) is 0 Å². The van der Waals surface area contributed by atoms with E-state index in [9.17, 15) is 0 Å². The summed E-state index contributed by atoms with van der Waals surface area (Å²) in [6, 6.07) is 9.07. The molecule has 0 atom stereocenters. The highest BCUT2D eigenvalue weighted by Crippen LogP contribution is 2.54. The molecule has 2 heteroatoms. The molecule has 4 aliphatic carbocycles. The molecule has 4 bridgehead atoms. The van der Waals surface area contributed by atoms with Gasteiger partial charge in [-0.2, -0.15) is 0 Å². The Morgan fingerprint density at radius 3 is 2.32 bits per heavy atom. The van der Waals surface area contributed by atoms with E-state index < -0.39 is 0 Å². The Hall–Kier alpha value is -0.630. The molecule has 0 unspecified atom stereocenters. The van der Waals surface area contributed by atoms with Gasteiger partial charge < -0.3 is 0 Å². The summed E-state index contributed by atoms with van der Waals surface area (Å²) in [7, 11) is 0. The summed E-state index contributed by atoms with van der Waals surface area (Å²) in [5.41, 5.74) is 1.23. The number of halogens is 1. The zero-order valence-corrected chi connectivity index (χ0v) is 12.7. The molecular formula is C17H20BrN. The molecule has 1 aromatic rings. The molecule has 0 saturated heterocycles. The van der Waals surface area contributed by atoms with Gasteiger partial charge in [0.05, 0.1) is 6.04 Å². The van der Waals surface area contributed by atoms with Crippen molar-refractivity contribution >= 4 is 22.1 Å². The first-order valence-electron chi connectivity index (χ1n) is 7.56. The van der Waals surface area contributed by atoms with Crippen molar-refractivity contribution in [2.75, 3.05) is 0 Å². The fourth-order valence-electron chi connectivity index (χ4n) is 4.90. The molecule has 0 amide bonds. The van der Waals surface area contributed by atoms with Crippen LogP contribution in [0, 0.1) is 23.7 Å². The zero-order valence-electron chi connectivity index (χ0n) is 11.1. The zero-order chi connectivity index (χ0) is 12.8. The SMILES string of the molecule is Brc1cccc(/C=N/C2C3CC4CC(C3)CC2C4)c1. The quantitative estimate of drug-likeness (QED) is 0.701. The Labute approximate surface area is 123 Å². The Balaban J connectivity index is 1.54. The molecule has 0 radical (unpaired) electrons. The fraction of sp³-hybridized carbons (Fsp3) is 0.588. The van der Waals surface area contributed by atoms with Gasteiger partial charge >= 0.3 is 0 Å². The van der Waals surface area contributed by atoms with Crippen molar-refractivity contribution < 1.29 is 0 Å². The summed E-state index contributed by atoms with van der Waals surface area (Å²) < 4.78 is 1.14. The predicted octanol–water partition coefficient (Wildman–Crippen LogP) is 4.69. The second kappa shape index (κ2) is 4.73. The third kappa shape index (κ3) is 2.29. The molecule has 0 N–H and O–H groups in total. The summed E-state index contributed by atoms with van der Waals surface area (Å²) in [5, 5.41) is 0. The fourth-order valence-corrected chi connectivity index (χ4v) is 5.32. The molecule has 4 fully saturated rings. The Bertz CT molecular complexity index is 480. The van der Waals surface area contributed by atoms with Gasteiger partial charge in [0.2, 0.25) is 0 Å². The lowest BCUT2D eigenvalue weighted by molar-refractivity contribution is 0.00146. The monoisotopic (exact) mass is 317 g/mol. The van der Waals surface area contributed by atoms with Crippen molar-refractivity contribution in [3.05, 3.63) is 34.3 Å². The van der Waals surface area contributed by atoms with Crippen LogP contribution in [0.25, 0.3) is 0 Å². The lowest BCUT2D eigenvalue weighted by atomic mass is 9.54. The van der Waals surface area contributed by atoms with Crippen molar-refractivity contribution in [2.45, 2.75) is 38.1 Å². The summed E-state index contributed by atoms with van der Waals surface area (Å²) in [5.74, 6) is 3.86. The Morgan fingerprint density at radius 2 is 1.68 bits per heavy atom. The third-order valence-electron chi connectivity index (χ3n) is 5.42. The molecule has 4 saturated carbocycles. The van der Waals surface area contributed by atoms with Gasteiger partial charge in [0.15, 0.2) is 0 Å². The van der Waals surface area contributed by atoms with Gasteiger partial charge in [-0.1, -0.05) is 28.1 Å². The summed E-state index contributed by atoms with van der Waals surface area (Å²) >= 11 is 3.53. The van der Waals surface area contributed by atoms with E-state index in [0.717, 1.165) is 28.1 Å². The van der Waals surface area contributed by atoms with Crippen LogP contribution in [0.15, 0.2) is 33.7 Å². The van der Waals surface area contributed by atoms with Gasteiger partial charge in [-0.05, 0) is 73.5 Å². The number of rotatable bonds is 2. The number of hydrogen-bond donors (Lipinski definition) is 0. The van der Waals surface area contributed by atoms with E-state index in [2.05, 4.69) is 46.4 Å². The maximum atomic E-state index is 4.99.